The van der Waals surface area contributed by atoms with Gasteiger partial charge < -0.3 is 19.9 Å². The van der Waals surface area contributed by atoms with Crippen molar-refractivity contribution in [2.24, 2.45) is 0 Å². The predicted octanol–water partition coefficient (Wildman–Crippen LogP) is 0.755. The molecule has 2 aromatic heterocycles. The van der Waals surface area contributed by atoms with Gasteiger partial charge in [-0.3, -0.25) is 9.78 Å². The van der Waals surface area contributed by atoms with Crippen molar-refractivity contribution in [3.05, 3.63) is 48.3 Å². The molecule has 2 aromatic rings. The van der Waals surface area contributed by atoms with Crippen LogP contribution < -0.4 is 5.32 Å². The number of hydrogen-bond donors (Lipinski definition) is 2. The molecule has 1 amide bonds. The van der Waals surface area contributed by atoms with Gasteiger partial charge in [0.15, 0.2) is 0 Å². The van der Waals surface area contributed by atoms with E-state index in [1.807, 2.05) is 29.6 Å². The van der Waals surface area contributed by atoms with Crippen LogP contribution in [0.15, 0.2) is 36.9 Å². The highest BCUT2D eigenvalue weighted by atomic mass is 16.3. The Morgan fingerprint density at radius 3 is 2.85 bits per heavy atom. The van der Waals surface area contributed by atoms with Crippen molar-refractivity contribution in [3.63, 3.8) is 0 Å². The summed E-state index contributed by atoms with van der Waals surface area (Å²) in [5.41, 5.74) is 1.16. The summed E-state index contributed by atoms with van der Waals surface area (Å²) in [5.74, 6) is 1.59. The molecule has 0 radical (unpaired) electrons. The molecule has 0 aromatic carbocycles. The third-order valence-corrected chi connectivity index (χ3v) is 5.40. The lowest BCUT2D eigenvalue weighted by molar-refractivity contribution is -0.134. The van der Waals surface area contributed by atoms with Gasteiger partial charge in [0.05, 0.1) is 18.7 Å². The standard InChI is InChI=1S/C19H25N5O2/c25-16-10-17(22-12-16)19(26)23-7-3-15(4-8-23)18-21-6-9-24(18)13-14-2-1-5-20-11-14/h1-2,5-6,9,11,15-17,22,25H,3-4,7-8,10,12-13H2/t16-,17+/m1/s1. The lowest BCUT2D eigenvalue weighted by Gasteiger charge is -2.33. The number of amides is 1. The number of carbonyl (C=O) groups excluding carboxylic acids is 1. The Balaban J connectivity index is 1.37. The van der Waals surface area contributed by atoms with Gasteiger partial charge in [0.25, 0.3) is 0 Å². The number of carbonyl (C=O) groups is 1. The molecule has 7 heteroatoms. The monoisotopic (exact) mass is 355 g/mol. The van der Waals surface area contributed by atoms with E-state index in [4.69, 9.17) is 0 Å². The van der Waals surface area contributed by atoms with Crippen LogP contribution in [0.3, 0.4) is 0 Å². The van der Waals surface area contributed by atoms with Gasteiger partial charge in [-0.25, -0.2) is 4.98 Å². The number of nitrogens with zero attached hydrogens (tertiary/aromatic N) is 4. The van der Waals surface area contributed by atoms with Crippen LogP contribution in [-0.2, 0) is 11.3 Å². The van der Waals surface area contributed by atoms with Crippen molar-refractivity contribution < 1.29 is 9.90 Å². The largest absolute Gasteiger partial charge is 0.392 e. The van der Waals surface area contributed by atoms with Crippen molar-refractivity contribution in [3.8, 4) is 0 Å². The molecule has 2 aliphatic heterocycles. The van der Waals surface area contributed by atoms with Crippen molar-refractivity contribution >= 4 is 5.91 Å². The lowest BCUT2D eigenvalue weighted by Crippen LogP contribution is -2.46. The molecule has 0 spiro atoms. The summed E-state index contributed by atoms with van der Waals surface area (Å²) in [4.78, 5) is 23.3. The second-order valence-corrected chi connectivity index (χ2v) is 7.22. The van der Waals surface area contributed by atoms with Crippen molar-refractivity contribution in [1.29, 1.82) is 0 Å². The van der Waals surface area contributed by atoms with Gasteiger partial charge in [-0.2, -0.15) is 0 Å². The van der Waals surface area contributed by atoms with Crippen LogP contribution in [0.2, 0.25) is 0 Å². The Hall–Kier alpha value is -2.25. The van der Waals surface area contributed by atoms with Crippen molar-refractivity contribution in [1.82, 2.24) is 24.8 Å². The number of β-amino-alcohol motifs (C(OH)–C–C–N with tert-alkyl or cyclic N) is 1. The second kappa shape index (κ2) is 7.55. The molecular formula is C19H25N5O2. The number of piperidine rings is 1. The zero-order valence-electron chi connectivity index (χ0n) is 14.8. The normalized spacial score (nSPS) is 24.1. The molecule has 2 fully saturated rings. The minimum Gasteiger partial charge on any atom is -0.392 e. The molecule has 4 rings (SSSR count). The summed E-state index contributed by atoms with van der Waals surface area (Å²) in [6.45, 7) is 2.78. The first-order valence-electron chi connectivity index (χ1n) is 9.31. The van der Waals surface area contributed by atoms with E-state index in [1.54, 1.807) is 6.20 Å². The van der Waals surface area contributed by atoms with Crippen LogP contribution in [-0.4, -0.2) is 62.2 Å². The summed E-state index contributed by atoms with van der Waals surface area (Å²) in [6, 6.07) is 3.79. The fourth-order valence-electron chi connectivity index (χ4n) is 3.99. The Morgan fingerprint density at radius 1 is 1.31 bits per heavy atom. The molecule has 138 valence electrons. The summed E-state index contributed by atoms with van der Waals surface area (Å²) in [6.07, 6.45) is 9.50. The van der Waals surface area contributed by atoms with Crippen LogP contribution in [0.4, 0.5) is 0 Å². The van der Waals surface area contributed by atoms with Crippen molar-refractivity contribution in [2.75, 3.05) is 19.6 Å². The van der Waals surface area contributed by atoms with Crippen LogP contribution in [0.25, 0.3) is 0 Å². The second-order valence-electron chi connectivity index (χ2n) is 7.22. The zero-order valence-corrected chi connectivity index (χ0v) is 14.8. The number of hydrogen-bond acceptors (Lipinski definition) is 5. The molecule has 0 saturated carbocycles. The van der Waals surface area contributed by atoms with E-state index in [0.717, 1.165) is 43.9 Å². The van der Waals surface area contributed by atoms with Gasteiger partial charge in [-0.15, -0.1) is 0 Å². The minimum absolute atomic E-state index is 0.124. The number of aliphatic hydroxyl groups excluding tert-OH is 1. The average molecular weight is 355 g/mol. The van der Waals surface area contributed by atoms with E-state index in [1.165, 1.54) is 0 Å². The third-order valence-electron chi connectivity index (χ3n) is 5.40. The molecule has 26 heavy (non-hydrogen) atoms. The molecule has 0 aliphatic carbocycles. The van der Waals surface area contributed by atoms with Gasteiger partial charge in [0.2, 0.25) is 5.91 Å². The maximum Gasteiger partial charge on any atom is 0.239 e. The SMILES string of the molecule is O=C([C@@H]1C[C@@H](O)CN1)N1CCC(c2nccn2Cc2cccnc2)CC1. The van der Waals surface area contributed by atoms with E-state index >= 15 is 0 Å². The zero-order chi connectivity index (χ0) is 17.9. The predicted molar refractivity (Wildman–Crippen MR) is 96.5 cm³/mol. The highest BCUT2D eigenvalue weighted by molar-refractivity contribution is 5.82. The minimum atomic E-state index is -0.401. The van der Waals surface area contributed by atoms with E-state index in [2.05, 4.69) is 25.9 Å². The lowest BCUT2D eigenvalue weighted by atomic mass is 9.95. The summed E-state index contributed by atoms with van der Waals surface area (Å²) in [5, 5.41) is 12.7. The quantitative estimate of drug-likeness (QED) is 0.846. The number of pyridine rings is 1. The summed E-state index contributed by atoms with van der Waals surface area (Å²) < 4.78 is 2.19. The number of likely N-dealkylation sites (tertiary alicyclic amines) is 1. The van der Waals surface area contributed by atoms with Gasteiger partial charge in [0.1, 0.15) is 5.82 Å². The molecule has 2 saturated heterocycles. The first kappa shape index (κ1) is 17.2. The topological polar surface area (TPSA) is 83.3 Å². The fourth-order valence-corrected chi connectivity index (χ4v) is 3.99. The van der Waals surface area contributed by atoms with Gasteiger partial charge in [0, 0.05) is 50.3 Å². The molecular weight excluding hydrogens is 330 g/mol. The van der Waals surface area contributed by atoms with Crippen LogP contribution in [0.1, 0.15) is 36.6 Å². The number of nitrogens with one attached hydrogen (secondary N) is 1. The molecule has 2 aliphatic rings. The van der Waals surface area contributed by atoms with Crippen LogP contribution in [0.5, 0.6) is 0 Å². The van der Waals surface area contributed by atoms with E-state index < -0.39 is 6.10 Å². The maximum absolute atomic E-state index is 12.6. The first-order chi connectivity index (χ1) is 12.7. The molecule has 0 unspecified atom stereocenters. The van der Waals surface area contributed by atoms with Crippen molar-refractivity contribution in [2.45, 2.75) is 43.9 Å². The summed E-state index contributed by atoms with van der Waals surface area (Å²) in [7, 11) is 0. The third kappa shape index (κ3) is 3.64. The number of imidazole rings is 1. The van der Waals surface area contributed by atoms with Crippen LogP contribution >= 0.6 is 0 Å². The number of aliphatic hydroxyl groups is 1. The first-order valence-corrected chi connectivity index (χ1v) is 9.31. The highest BCUT2D eigenvalue weighted by Gasteiger charge is 2.33. The molecule has 2 N–H and O–H groups in total. The molecule has 4 heterocycles. The smallest absolute Gasteiger partial charge is 0.239 e. The fraction of sp³-hybridized carbons (Fsp3) is 0.526. The van der Waals surface area contributed by atoms with Gasteiger partial charge in [-0.1, -0.05) is 6.07 Å². The number of rotatable bonds is 4. The Morgan fingerprint density at radius 2 is 2.15 bits per heavy atom. The van der Waals surface area contributed by atoms with Gasteiger partial charge in [-0.05, 0) is 30.9 Å². The molecule has 7 nitrogen and oxygen atoms in total. The van der Waals surface area contributed by atoms with E-state index in [-0.39, 0.29) is 11.9 Å². The molecule has 0 bridgehead atoms. The van der Waals surface area contributed by atoms with E-state index in [0.29, 0.717) is 18.9 Å². The van der Waals surface area contributed by atoms with Crippen LogP contribution in [0, 0.1) is 0 Å². The van der Waals surface area contributed by atoms with Gasteiger partial charge >= 0.3 is 0 Å². The highest BCUT2D eigenvalue weighted by Crippen LogP contribution is 2.28. The average Bonchev–Trinajstić information content (AvgIpc) is 3.31. The summed E-state index contributed by atoms with van der Waals surface area (Å²) >= 11 is 0. The Labute approximate surface area is 153 Å². The Bertz CT molecular complexity index is 739. The maximum atomic E-state index is 12.6. The Kier molecular flexibility index (Phi) is 4.99. The number of aromatic nitrogens is 3. The van der Waals surface area contributed by atoms with E-state index in [9.17, 15) is 9.90 Å². The molecule has 2 atom stereocenters.